The third-order valence-corrected chi connectivity index (χ3v) is 15.5. The van der Waals surface area contributed by atoms with Gasteiger partial charge in [-0.15, -0.1) is 22.7 Å². The van der Waals surface area contributed by atoms with Gasteiger partial charge in [0.1, 0.15) is 0 Å². The summed E-state index contributed by atoms with van der Waals surface area (Å²) < 4.78 is 10.5. The van der Waals surface area contributed by atoms with Crippen LogP contribution in [0.2, 0.25) is 0 Å². The summed E-state index contributed by atoms with van der Waals surface area (Å²) >= 11 is 3.85. The van der Waals surface area contributed by atoms with Crippen molar-refractivity contribution in [3.05, 3.63) is 187 Å². The summed E-state index contributed by atoms with van der Waals surface area (Å²) in [4.78, 5) is 0. The van der Waals surface area contributed by atoms with Gasteiger partial charge in [-0.3, -0.25) is 0 Å². The van der Waals surface area contributed by atoms with Gasteiger partial charge in [0.25, 0.3) is 0 Å². The highest BCUT2D eigenvalue weighted by Crippen LogP contribution is 2.47. The van der Waals surface area contributed by atoms with Crippen LogP contribution in [0.3, 0.4) is 0 Å². The molecule has 4 aromatic heterocycles. The van der Waals surface area contributed by atoms with Crippen molar-refractivity contribution in [2.24, 2.45) is 0 Å². The number of benzene rings is 9. The van der Waals surface area contributed by atoms with Gasteiger partial charge < -0.3 is 9.13 Å². The van der Waals surface area contributed by atoms with E-state index in [1.807, 2.05) is 22.7 Å². The second-order valence-corrected chi connectivity index (χ2v) is 18.4. The Hall–Kier alpha value is -6.98. The van der Waals surface area contributed by atoms with E-state index in [9.17, 15) is 0 Å². The monoisotopic (exact) mass is 798 g/mol. The Morgan fingerprint density at radius 1 is 0.417 bits per heavy atom. The Balaban J connectivity index is 1.14. The van der Waals surface area contributed by atoms with E-state index in [0.29, 0.717) is 0 Å². The first-order valence-corrected chi connectivity index (χ1v) is 22.4. The molecular weight excluding hydrogens is 765 g/mol. The lowest BCUT2D eigenvalue weighted by atomic mass is 9.91. The Morgan fingerprint density at radius 2 is 0.967 bits per heavy atom. The van der Waals surface area contributed by atoms with Crippen LogP contribution in [-0.4, -0.2) is 9.13 Å². The van der Waals surface area contributed by atoms with E-state index in [1.54, 1.807) is 0 Å². The molecule has 0 unspecified atom stereocenters. The van der Waals surface area contributed by atoms with E-state index in [2.05, 4.69) is 191 Å². The fourth-order valence-corrected chi connectivity index (χ4v) is 13.1. The lowest BCUT2D eigenvalue weighted by molar-refractivity contribution is 0.888. The fourth-order valence-electron chi connectivity index (χ4n) is 10.6. The molecule has 0 atom stereocenters. The average molecular weight is 799 g/mol. The molecule has 2 nitrogen and oxygen atoms in total. The van der Waals surface area contributed by atoms with E-state index >= 15 is 0 Å². The number of allylic oxidation sites excluding steroid dienone is 1. The normalized spacial score (nSPS) is 13.1. The summed E-state index contributed by atoms with van der Waals surface area (Å²) in [5, 5.41) is 14.4. The largest absolute Gasteiger partial charge is 0.313 e. The molecular formula is C56H34N2S2. The molecule has 0 bridgehead atoms. The van der Waals surface area contributed by atoms with E-state index in [4.69, 9.17) is 0 Å². The van der Waals surface area contributed by atoms with Gasteiger partial charge in [0.05, 0.1) is 16.6 Å². The van der Waals surface area contributed by atoms with Gasteiger partial charge in [0.15, 0.2) is 0 Å². The molecule has 0 fully saturated rings. The highest BCUT2D eigenvalue weighted by molar-refractivity contribution is 7.27. The number of thiophene rings is 2. The van der Waals surface area contributed by atoms with Gasteiger partial charge in [0.2, 0.25) is 0 Å². The number of hydrogen-bond acceptors (Lipinski definition) is 2. The first-order valence-electron chi connectivity index (χ1n) is 20.8. The van der Waals surface area contributed by atoms with Gasteiger partial charge in [-0.1, -0.05) is 127 Å². The molecule has 4 heteroatoms. The molecule has 280 valence electrons. The number of nitrogens with zero attached hydrogens (tertiary/aromatic N) is 2. The topological polar surface area (TPSA) is 9.86 Å². The molecule has 14 rings (SSSR count). The quantitative estimate of drug-likeness (QED) is 0.158. The minimum atomic E-state index is 0.989. The first kappa shape index (κ1) is 32.9. The lowest BCUT2D eigenvalue weighted by Crippen LogP contribution is -2.05. The molecule has 0 aliphatic heterocycles. The van der Waals surface area contributed by atoms with Crippen LogP contribution in [0.5, 0.6) is 0 Å². The zero-order chi connectivity index (χ0) is 39.1. The number of aromatic nitrogens is 2. The van der Waals surface area contributed by atoms with Gasteiger partial charge >= 0.3 is 0 Å². The second kappa shape index (κ2) is 12.3. The van der Waals surface area contributed by atoms with Gasteiger partial charge in [-0.05, 0) is 100 Å². The van der Waals surface area contributed by atoms with Crippen LogP contribution in [0.4, 0.5) is 0 Å². The van der Waals surface area contributed by atoms with Gasteiger partial charge in [0, 0.05) is 79.1 Å². The van der Waals surface area contributed by atoms with Crippen molar-refractivity contribution >= 4 is 123 Å². The molecule has 60 heavy (non-hydrogen) atoms. The lowest BCUT2D eigenvalue weighted by Gasteiger charge is -2.19. The van der Waals surface area contributed by atoms with Crippen molar-refractivity contribution in [3.8, 4) is 22.5 Å². The summed E-state index contributed by atoms with van der Waals surface area (Å²) in [6.07, 6.45) is 6.78. The molecule has 4 heterocycles. The average Bonchev–Trinajstić information content (AvgIpc) is 4.05. The van der Waals surface area contributed by atoms with Crippen molar-refractivity contribution in [2.45, 2.75) is 12.8 Å². The maximum atomic E-state index is 2.61. The molecule has 0 amide bonds. The molecule has 1 aliphatic rings. The van der Waals surface area contributed by atoms with E-state index in [1.165, 1.54) is 123 Å². The molecule has 1 aliphatic carbocycles. The third kappa shape index (κ3) is 4.47. The summed E-state index contributed by atoms with van der Waals surface area (Å²) in [7, 11) is 0. The van der Waals surface area contributed by atoms with Crippen LogP contribution < -0.4 is 0 Å². The third-order valence-electron chi connectivity index (χ3n) is 13.1. The second-order valence-electron chi connectivity index (χ2n) is 16.3. The van der Waals surface area contributed by atoms with Gasteiger partial charge in [-0.25, -0.2) is 0 Å². The zero-order valence-electron chi connectivity index (χ0n) is 32.4. The van der Waals surface area contributed by atoms with Crippen molar-refractivity contribution in [1.29, 1.82) is 0 Å². The SMILES string of the molecule is C1=Cc2c(n(-c3cc(-c4c5ccccc5cc5ccccc45)cc(-n4c5ccccc5c5c6sc7ccccc7c6ccc54)c3)c3ccc4c5ccccc5sc4c23)CC1. The van der Waals surface area contributed by atoms with Crippen LogP contribution in [0.15, 0.2) is 176 Å². The van der Waals surface area contributed by atoms with Crippen molar-refractivity contribution in [1.82, 2.24) is 9.13 Å². The van der Waals surface area contributed by atoms with Crippen LogP contribution >= 0.6 is 22.7 Å². The van der Waals surface area contributed by atoms with Crippen LogP contribution in [0, 0.1) is 0 Å². The van der Waals surface area contributed by atoms with Crippen molar-refractivity contribution in [2.75, 3.05) is 0 Å². The highest BCUT2D eigenvalue weighted by atomic mass is 32.1. The maximum Gasteiger partial charge on any atom is 0.0555 e. The Kier molecular flexibility index (Phi) is 6.74. The van der Waals surface area contributed by atoms with E-state index in [-0.39, 0.29) is 0 Å². The van der Waals surface area contributed by atoms with E-state index < -0.39 is 0 Å². The smallest absolute Gasteiger partial charge is 0.0555 e. The Bertz CT molecular complexity index is 3960. The molecule has 0 saturated carbocycles. The predicted octanol–water partition coefficient (Wildman–Crippen LogP) is 16.4. The number of rotatable bonds is 3. The summed E-state index contributed by atoms with van der Waals surface area (Å²) in [6, 6.07) is 63.8. The Labute approximate surface area is 353 Å². The standard InChI is InChI=1S/C56H34N2S2/c1-3-15-38-33(13-1)29-34-14-2-4-16-39(34)52(38)35-30-36(57-46-21-9-5-19-44(46)53-48(57)27-25-42-40-17-7-11-23-50(40)59-55(42)53)32-37(31-35)58-47-22-10-6-20-45(47)54-49(58)28-26-43-41-18-8-12-24-51(41)60-56(43)54/h1-9,11-21,23-32H,10,22H2. The summed E-state index contributed by atoms with van der Waals surface area (Å²) in [5.74, 6) is 0. The van der Waals surface area contributed by atoms with E-state index in [0.717, 1.165) is 18.5 Å². The minimum Gasteiger partial charge on any atom is -0.313 e. The predicted molar refractivity (Wildman–Crippen MR) is 261 cm³/mol. The molecule has 0 radical (unpaired) electrons. The molecule has 0 N–H and O–H groups in total. The molecule has 0 saturated heterocycles. The van der Waals surface area contributed by atoms with Crippen LogP contribution in [0.1, 0.15) is 17.7 Å². The van der Waals surface area contributed by atoms with Gasteiger partial charge in [-0.2, -0.15) is 0 Å². The first-order chi connectivity index (χ1) is 29.8. The fraction of sp³-hybridized carbons (Fsp3) is 0.0357. The maximum absolute atomic E-state index is 2.61. The molecule has 0 spiro atoms. The molecule has 9 aromatic carbocycles. The summed E-state index contributed by atoms with van der Waals surface area (Å²) in [6.45, 7) is 0. The van der Waals surface area contributed by atoms with Crippen LogP contribution in [0.25, 0.3) is 123 Å². The highest BCUT2D eigenvalue weighted by Gasteiger charge is 2.25. The Morgan fingerprint density at radius 3 is 1.65 bits per heavy atom. The van der Waals surface area contributed by atoms with Crippen molar-refractivity contribution in [3.63, 3.8) is 0 Å². The summed E-state index contributed by atoms with van der Waals surface area (Å²) in [5.41, 5.74) is 11.3. The van der Waals surface area contributed by atoms with Crippen molar-refractivity contribution < 1.29 is 0 Å². The van der Waals surface area contributed by atoms with Crippen LogP contribution in [-0.2, 0) is 6.42 Å². The minimum absolute atomic E-state index is 0.989. The molecule has 13 aromatic rings. The number of hydrogen-bond donors (Lipinski definition) is 0. The zero-order valence-corrected chi connectivity index (χ0v) is 34.1. The number of para-hydroxylation sites is 1. The number of fused-ring (bicyclic) bond motifs is 16.